The van der Waals surface area contributed by atoms with Crippen LogP contribution in [0, 0.1) is 6.92 Å². The fourth-order valence-corrected chi connectivity index (χ4v) is 2.23. The summed E-state index contributed by atoms with van der Waals surface area (Å²) in [5.41, 5.74) is 2.66. The number of pyridine rings is 2. The second kappa shape index (κ2) is 5.01. The van der Waals surface area contributed by atoms with Gasteiger partial charge >= 0.3 is 0 Å². The highest BCUT2D eigenvalue weighted by Crippen LogP contribution is 2.22. The molecule has 0 aliphatic rings. The molecule has 3 heterocycles. The third kappa shape index (κ3) is 2.61. The second-order valence-electron chi connectivity index (χ2n) is 4.25. The molecule has 0 atom stereocenters. The lowest BCUT2D eigenvalue weighted by Crippen LogP contribution is -2.00. The number of furan rings is 1. The number of anilines is 1. The fourth-order valence-electron chi connectivity index (χ4n) is 1.91. The van der Waals surface area contributed by atoms with Crippen LogP contribution in [-0.4, -0.2) is 9.97 Å². The number of nitrogens with one attached hydrogen (secondary N) is 1. The topological polar surface area (TPSA) is 51.0 Å². The number of rotatable bonds is 3. The maximum Gasteiger partial charge on any atom is 0.123 e. The lowest BCUT2D eigenvalue weighted by atomic mass is 10.3. The van der Waals surface area contributed by atoms with Crippen molar-refractivity contribution < 1.29 is 4.42 Å². The van der Waals surface area contributed by atoms with Gasteiger partial charge < -0.3 is 9.73 Å². The molecule has 0 saturated heterocycles. The van der Waals surface area contributed by atoms with Crippen LogP contribution in [0.25, 0.3) is 11.0 Å². The maximum atomic E-state index is 5.53. The van der Waals surface area contributed by atoms with E-state index >= 15 is 0 Å². The molecule has 0 bridgehead atoms. The van der Waals surface area contributed by atoms with Gasteiger partial charge in [-0.25, -0.2) is 0 Å². The van der Waals surface area contributed by atoms with Gasteiger partial charge in [0.05, 0.1) is 17.7 Å². The van der Waals surface area contributed by atoms with Crippen molar-refractivity contribution in [2.45, 2.75) is 13.5 Å². The standard InChI is InChI=1S/C14H12BrN3O/c1-9-2-3-11(19-9)8-17-12-4-5-16-13-6-10(15)7-18-14(12)13/h2-7H,8H2,1H3,(H,16,17). The van der Waals surface area contributed by atoms with Crippen LogP contribution in [0.3, 0.4) is 0 Å². The number of halogens is 1. The van der Waals surface area contributed by atoms with Gasteiger partial charge in [0, 0.05) is 16.9 Å². The van der Waals surface area contributed by atoms with Crippen molar-refractivity contribution in [3.05, 3.63) is 52.7 Å². The monoisotopic (exact) mass is 317 g/mol. The minimum Gasteiger partial charge on any atom is -0.465 e. The summed E-state index contributed by atoms with van der Waals surface area (Å²) in [5, 5.41) is 3.33. The van der Waals surface area contributed by atoms with E-state index in [1.165, 1.54) is 0 Å². The summed E-state index contributed by atoms with van der Waals surface area (Å²) in [6, 6.07) is 7.79. The largest absolute Gasteiger partial charge is 0.465 e. The Morgan fingerprint density at radius 3 is 2.95 bits per heavy atom. The molecular weight excluding hydrogens is 306 g/mol. The second-order valence-corrected chi connectivity index (χ2v) is 5.16. The molecule has 19 heavy (non-hydrogen) atoms. The molecule has 0 spiro atoms. The van der Waals surface area contributed by atoms with Crippen molar-refractivity contribution >= 4 is 32.7 Å². The van der Waals surface area contributed by atoms with E-state index in [4.69, 9.17) is 4.42 Å². The molecule has 3 rings (SSSR count). The molecule has 5 heteroatoms. The number of aryl methyl sites for hydroxylation is 1. The van der Waals surface area contributed by atoms with Gasteiger partial charge in [0.1, 0.15) is 17.0 Å². The van der Waals surface area contributed by atoms with Gasteiger partial charge in [-0.2, -0.15) is 0 Å². The van der Waals surface area contributed by atoms with E-state index in [9.17, 15) is 0 Å². The highest BCUT2D eigenvalue weighted by molar-refractivity contribution is 9.10. The Morgan fingerprint density at radius 1 is 1.26 bits per heavy atom. The molecular formula is C14H12BrN3O. The van der Waals surface area contributed by atoms with Gasteiger partial charge in [-0.15, -0.1) is 0 Å². The third-order valence-corrected chi connectivity index (χ3v) is 3.23. The van der Waals surface area contributed by atoms with E-state index in [1.54, 1.807) is 12.4 Å². The normalized spacial score (nSPS) is 10.8. The summed E-state index contributed by atoms with van der Waals surface area (Å²) in [5.74, 6) is 1.82. The molecule has 0 amide bonds. The Bertz CT molecular complexity index is 724. The summed E-state index contributed by atoms with van der Waals surface area (Å²) < 4.78 is 6.45. The lowest BCUT2D eigenvalue weighted by molar-refractivity contribution is 0.490. The first-order valence-electron chi connectivity index (χ1n) is 5.92. The van der Waals surface area contributed by atoms with E-state index < -0.39 is 0 Å². The Balaban J connectivity index is 1.88. The number of nitrogens with zero attached hydrogens (tertiary/aromatic N) is 2. The summed E-state index contributed by atoms with van der Waals surface area (Å²) in [6.07, 6.45) is 3.54. The van der Waals surface area contributed by atoms with E-state index in [1.807, 2.05) is 31.2 Å². The summed E-state index contributed by atoms with van der Waals surface area (Å²) in [4.78, 5) is 8.70. The predicted molar refractivity (Wildman–Crippen MR) is 78.0 cm³/mol. The Morgan fingerprint density at radius 2 is 2.16 bits per heavy atom. The quantitative estimate of drug-likeness (QED) is 0.795. The number of hydrogen-bond acceptors (Lipinski definition) is 4. The first-order valence-corrected chi connectivity index (χ1v) is 6.71. The molecule has 1 N–H and O–H groups in total. The molecule has 96 valence electrons. The summed E-state index contributed by atoms with van der Waals surface area (Å²) >= 11 is 3.40. The average Bonchev–Trinajstić information content (AvgIpc) is 2.81. The zero-order valence-electron chi connectivity index (χ0n) is 10.4. The van der Waals surface area contributed by atoms with E-state index in [-0.39, 0.29) is 0 Å². The van der Waals surface area contributed by atoms with Gasteiger partial charge in [-0.1, -0.05) is 0 Å². The summed E-state index contributed by atoms with van der Waals surface area (Å²) in [7, 11) is 0. The highest BCUT2D eigenvalue weighted by atomic mass is 79.9. The van der Waals surface area contributed by atoms with Gasteiger partial charge in [0.2, 0.25) is 0 Å². The zero-order chi connectivity index (χ0) is 13.2. The van der Waals surface area contributed by atoms with Crippen LogP contribution in [-0.2, 0) is 6.54 Å². The highest BCUT2D eigenvalue weighted by Gasteiger charge is 2.05. The Hall–Kier alpha value is -1.88. The van der Waals surface area contributed by atoms with E-state index in [0.717, 1.165) is 32.7 Å². The van der Waals surface area contributed by atoms with Crippen LogP contribution in [0.5, 0.6) is 0 Å². The van der Waals surface area contributed by atoms with Gasteiger partial charge in [-0.05, 0) is 47.1 Å². The number of hydrogen-bond donors (Lipinski definition) is 1. The fraction of sp³-hybridized carbons (Fsp3) is 0.143. The number of aromatic nitrogens is 2. The van der Waals surface area contributed by atoms with Gasteiger partial charge in [-0.3, -0.25) is 9.97 Å². The first-order chi connectivity index (χ1) is 9.22. The smallest absolute Gasteiger partial charge is 0.123 e. The molecule has 3 aromatic rings. The zero-order valence-corrected chi connectivity index (χ0v) is 11.9. The molecule has 0 unspecified atom stereocenters. The van der Waals surface area contributed by atoms with Crippen molar-refractivity contribution in [3.8, 4) is 0 Å². The number of fused-ring (bicyclic) bond motifs is 1. The van der Waals surface area contributed by atoms with Crippen LogP contribution >= 0.6 is 15.9 Å². The summed E-state index contributed by atoms with van der Waals surface area (Å²) in [6.45, 7) is 2.56. The van der Waals surface area contributed by atoms with Crippen LogP contribution in [0.15, 0.2) is 45.5 Å². The molecule has 3 aromatic heterocycles. The van der Waals surface area contributed by atoms with E-state index in [2.05, 4.69) is 31.2 Å². The SMILES string of the molecule is Cc1ccc(CNc2ccnc3cc(Br)cnc23)o1. The molecule has 0 aliphatic heterocycles. The molecule has 4 nitrogen and oxygen atoms in total. The molecule has 0 radical (unpaired) electrons. The minimum absolute atomic E-state index is 0.630. The minimum atomic E-state index is 0.630. The van der Waals surface area contributed by atoms with Crippen molar-refractivity contribution in [2.75, 3.05) is 5.32 Å². The molecule has 0 fully saturated rings. The van der Waals surface area contributed by atoms with Crippen molar-refractivity contribution in [1.29, 1.82) is 0 Å². The van der Waals surface area contributed by atoms with Crippen LogP contribution in [0.4, 0.5) is 5.69 Å². The molecule has 0 aromatic carbocycles. The average molecular weight is 318 g/mol. The predicted octanol–water partition coefficient (Wildman–Crippen LogP) is 3.91. The van der Waals surface area contributed by atoms with Crippen molar-refractivity contribution in [3.63, 3.8) is 0 Å². The van der Waals surface area contributed by atoms with Gasteiger partial charge in [0.25, 0.3) is 0 Å². The van der Waals surface area contributed by atoms with Crippen LogP contribution in [0.2, 0.25) is 0 Å². The van der Waals surface area contributed by atoms with Crippen LogP contribution in [0.1, 0.15) is 11.5 Å². The van der Waals surface area contributed by atoms with Gasteiger partial charge in [0.15, 0.2) is 0 Å². The molecule has 0 aliphatic carbocycles. The Labute approximate surface area is 119 Å². The van der Waals surface area contributed by atoms with Crippen molar-refractivity contribution in [1.82, 2.24) is 9.97 Å². The lowest BCUT2D eigenvalue weighted by Gasteiger charge is -2.07. The third-order valence-electron chi connectivity index (χ3n) is 2.79. The van der Waals surface area contributed by atoms with E-state index in [0.29, 0.717) is 6.54 Å². The Kier molecular flexibility index (Phi) is 3.21. The maximum absolute atomic E-state index is 5.53. The first kappa shape index (κ1) is 12.2. The van der Waals surface area contributed by atoms with Crippen molar-refractivity contribution in [2.24, 2.45) is 0 Å². The molecule has 0 saturated carbocycles. The van der Waals surface area contributed by atoms with Crippen LogP contribution < -0.4 is 5.32 Å².